The molecule has 0 spiro atoms. The summed E-state index contributed by atoms with van der Waals surface area (Å²) >= 11 is 6.52. The van der Waals surface area contributed by atoms with E-state index in [1.165, 1.54) is 6.07 Å². The fourth-order valence-electron chi connectivity index (χ4n) is 1.01. The summed E-state index contributed by atoms with van der Waals surface area (Å²) < 4.78 is 14.9. The van der Waals surface area contributed by atoms with Crippen LogP contribution in [0.25, 0.3) is 0 Å². The predicted octanol–water partition coefficient (Wildman–Crippen LogP) is 3.59. The second-order valence-corrected chi connectivity index (χ2v) is 4.89. The molecule has 1 aromatic carbocycles. The molecule has 0 radical (unpaired) electrons. The lowest BCUT2D eigenvalue weighted by atomic mass is 10.2. The molecule has 1 N–H and O–H groups in total. The Balaban J connectivity index is 2.57. The lowest BCUT2D eigenvalue weighted by molar-refractivity contribution is 0.596. The Labute approximate surface area is 99.7 Å². The minimum atomic E-state index is -0.194. The fraction of sp³-hybridized carbons (Fsp3) is 0.200. The highest BCUT2D eigenvalue weighted by molar-refractivity contribution is 9.11. The van der Waals surface area contributed by atoms with E-state index in [4.69, 9.17) is 0 Å². The molecule has 0 saturated heterocycles. The van der Waals surface area contributed by atoms with Crippen molar-refractivity contribution in [2.24, 2.45) is 0 Å². The molecular formula is C10H10Br2FN. The van der Waals surface area contributed by atoms with Crippen molar-refractivity contribution in [3.8, 4) is 0 Å². The van der Waals surface area contributed by atoms with Crippen LogP contribution in [0, 0.1) is 5.82 Å². The van der Waals surface area contributed by atoms with E-state index in [9.17, 15) is 4.39 Å². The standard InChI is InChI=1S/C10H10Br2FN/c1-7(11)5-14-6-8-4-9(12)2-3-10(8)13/h2-4,14H,1,5-6H2. The maximum absolute atomic E-state index is 13.2. The van der Waals surface area contributed by atoms with Crippen LogP contribution in [0.1, 0.15) is 5.56 Å². The second kappa shape index (κ2) is 5.63. The maximum Gasteiger partial charge on any atom is 0.127 e. The average Bonchev–Trinajstić information content (AvgIpc) is 2.10. The zero-order valence-electron chi connectivity index (χ0n) is 7.49. The number of hydrogen-bond acceptors (Lipinski definition) is 1. The first-order valence-electron chi connectivity index (χ1n) is 4.07. The first-order chi connectivity index (χ1) is 6.59. The molecule has 76 valence electrons. The molecule has 1 nitrogen and oxygen atoms in total. The zero-order valence-corrected chi connectivity index (χ0v) is 10.7. The van der Waals surface area contributed by atoms with Gasteiger partial charge < -0.3 is 5.32 Å². The summed E-state index contributed by atoms with van der Waals surface area (Å²) in [6.07, 6.45) is 0. The van der Waals surface area contributed by atoms with E-state index in [-0.39, 0.29) is 5.82 Å². The van der Waals surface area contributed by atoms with E-state index in [1.807, 2.05) is 0 Å². The summed E-state index contributed by atoms with van der Waals surface area (Å²) in [6, 6.07) is 4.89. The van der Waals surface area contributed by atoms with E-state index in [1.54, 1.807) is 12.1 Å². The summed E-state index contributed by atoms with van der Waals surface area (Å²) in [5, 5.41) is 3.06. The molecule has 0 aliphatic rings. The van der Waals surface area contributed by atoms with Crippen molar-refractivity contribution in [2.75, 3.05) is 6.54 Å². The number of hydrogen-bond donors (Lipinski definition) is 1. The topological polar surface area (TPSA) is 12.0 Å². The highest BCUT2D eigenvalue weighted by Gasteiger charge is 2.01. The Bertz CT molecular complexity index is 339. The minimum Gasteiger partial charge on any atom is -0.308 e. The van der Waals surface area contributed by atoms with Crippen LogP contribution in [0.2, 0.25) is 0 Å². The number of nitrogens with one attached hydrogen (secondary N) is 1. The molecule has 1 rings (SSSR count). The van der Waals surface area contributed by atoms with Gasteiger partial charge in [-0.2, -0.15) is 0 Å². The first-order valence-corrected chi connectivity index (χ1v) is 5.66. The van der Waals surface area contributed by atoms with E-state index in [0.717, 1.165) is 8.96 Å². The van der Waals surface area contributed by atoms with Gasteiger partial charge >= 0.3 is 0 Å². The number of benzene rings is 1. The summed E-state index contributed by atoms with van der Waals surface area (Å²) in [5.74, 6) is -0.194. The Morgan fingerprint density at radius 3 is 2.86 bits per heavy atom. The Hall–Kier alpha value is -0.190. The quantitative estimate of drug-likeness (QED) is 0.893. The van der Waals surface area contributed by atoms with Crippen molar-refractivity contribution in [1.29, 1.82) is 0 Å². The monoisotopic (exact) mass is 321 g/mol. The van der Waals surface area contributed by atoms with Gasteiger partial charge in [0.1, 0.15) is 5.82 Å². The van der Waals surface area contributed by atoms with Gasteiger partial charge in [-0.15, -0.1) is 0 Å². The molecule has 0 aliphatic carbocycles. The third-order valence-corrected chi connectivity index (χ3v) is 2.41. The van der Waals surface area contributed by atoms with E-state index in [2.05, 4.69) is 43.8 Å². The molecule has 0 fully saturated rings. The normalized spacial score (nSPS) is 10.2. The molecule has 14 heavy (non-hydrogen) atoms. The van der Waals surface area contributed by atoms with Crippen molar-refractivity contribution in [3.05, 3.63) is 45.1 Å². The van der Waals surface area contributed by atoms with E-state index >= 15 is 0 Å². The van der Waals surface area contributed by atoms with Crippen LogP contribution in [-0.4, -0.2) is 6.54 Å². The highest BCUT2D eigenvalue weighted by Crippen LogP contribution is 2.15. The van der Waals surface area contributed by atoms with Gasteiger partial charge in [-0.3, -0.25) is 0 Å². The third-order valence-electron chi connectivity index (χ3n) is 1.64. The summed E-state index contributed by atoms with van der Waals surface area (Å²) in [7, 11) is 0. The third kappa shape index (κ3) is 3.90. The molecule has 0 atom stereocenters. The van der Waals surface area contributed by atoms with Gasteiger partial charge in [0.15, 0.2) is 0 Å². The smallest absolute Gasteiger partial charge is 0.127 e. The van der Waals surface area contributed by atoms with Crippen LogP contribution < -0.4 is 5.32 Å². The fourth-order valence-corrected chi connectivity index (χ4v) is 1.62. The van der Waals surface area contributed by atoms with Gasteiger partial charge in [0.2, 0.25) is 0 Å². The Kier molecular flexibility index (Phi) is 4.78. The zero-order chi connectivity index (χ0) is 10.6. The van der Waals surface area contributed by atoms with Crippen molar-refractivity contribution >= 4 is 31.9 Å². The number of rotatable bonds is 4. The summed E-state index contributed by atoms with van der Waals surface area (Å²) in [5.41, 5.74) is 0.646. The first kappa shape index (κ1) is 11.9. The molecule has 4 heteroatoms. The van der Waals surface area contributed by atoms with Crippen molar-refractivity contribution in [3.63, 3.8) is 0 Å². The largest absolute Gasteiger partial charge is 0.308 e. The maximum atomic E-state index is 13.2. The van der Waals surface area contributed by atoms with Gasteiger partial charge in [-0.25, -0.2) is 4.39 Å². The summed E-state index contributed by atoms with van der Waals surface area (Å²) in [6.45, 7) is 4.80. The second-order valence-electron chi connectivity index (χ2n) is 2.86. The Morgan fingerprint density at radius 1 is 1.50 bits per heavy atom. The SMILES string of the molecule is C=C(Br)CNCc1cc(Br)ccc1F. The van der Waals surface area contributed by atoms with Gasteiger partial charge in [0, 0.05) is 27.6 Å². The van der Waals surface area contributed by atoms with Crippen LogP contribution in [0.4, 0.5) is 4.39 Å². The lowest BCUT2D eigenvalue weighted by Crippen LogP contribution is -2.15. The van der Waals surface area contributed by atoms with Gasteiger partial charge in [0.05, 0.1) is 0 Å². The Morgan fingerprint density at radius 2 is 2.21 bits per heavy atom. The van der Waals surface area contributed by atoms with Crippen LogP contribution in [0.3, 0.4) is 0 Å². The van der Waals surface area contributed by atoms with Crippen molar-refractivity contribution < 1.29 is 4.39 Å². The molecule has 0 heterocycles. The molecule has 0 saturated carbocycles. The summed E-state index contributed by atoms with van der Waals surface area (Å²) in [4.78, 5) is 0. The van der Waals surface area contributed by atoms with Gasteiger partial charge in [-0.05, 0) is 18.2 Å². The van der Waals surface area contributed by atoms with Crippen LogP contribution in [0.5, 0.6) is 0 Å². The molecular weight excluding hydrogens is 313 g/mol. The minimum absolute atomic E-state index is 0.194. The number of halogens is 3. The predicted molar refractivity (Wildman–Crippen MR) is 63.9 cm³/mol. The van der Waals surface area contributed by atoms with Gasteiger partial charge in [-0.1, -0.05) is 38.4 Å². The highest BCUT2D eigenvalue weighted by atomic mass is 79.9. The molecule has 0 amide bonds. The van der Waals surface area contributed by atoms with Crippen molar-refractivity contribution in [1.82, 2.24) is 5.32 Å². The molecule has 1 aromatic rings. The van der Waals surface area contributed by atoms with E-state index < -0.39 is 0 Å². The molecule has 0 aromatic heterocycles. The van der Waals surface area contributed by atoms with E-state index in [0.29, 0.717) is 18.7 Å². The molecule has 0 unspecified atom stereocenters. The average molecular weight is 323 g/mol. The van der Waals surface area contributed by atoms with Crippen LogP contribution in [0.15, 0.2) is 33.7 Å². The van der Waals surface area contributed by atoms with Crippen molar-refractivity contribution in [2.45, 2.75) is 6.54 Å². The molecule has 0 bridgehead atoms. The van der Waals surface area contributed by atoms with Gasteiger partial charge in [0.25, 0.3) is 0 Å². The lowest BCUT2D eigenvalue weighted by Gasteiger charge is -2.05. The van der Waals surface area contributed by atoms with Crippen LogP contribution in [-0.2, 0) is 6.54 Å². The molecule has 0 aliphatic heterocycles. The van der Waals surface area contributed by atoms with Crippen LogP contribution >= 0.6 is 31.9 Å².